The second kappa shape index (κ2) is 12.7. The fourth-order valence-electron chi connectivity index (χ4n) is 3.97. The number of benzene rings is 1. The fraction of sp³-hybridized carbons (Fsp3) is 0.591. The minimum Gasteiger partial charge on any atom is -0.376 e. The number of aliphatic imine (C=N–C) groups is 1. The normalized spacial score (nSPS) is 20.1. The van der Waals surface area contributed by atoms with Crippen LogP contribution in [0, 0.1) is 0 Å². The van der Waals surface area contributed by atoms with Crippen molar-refractivity contribution in [2.45, 2.75) is 50.9 Å². The van der Waals surface area contributed by atoms with E-state index in [1.807, 2.05) is 24.3 Å². The van der Waals surface area contributed by atoms with Crippen LogP contribution in [0.4, 0.5) is 0 Å². The second-order valence-electron chi connectivity index (χ2n) is 7.93. The lowest BCUT2D eigenvalue weighted by Crippen LogP contribution is -2.47. The summed E-state index contributed by atoms with van der Waals surface area (Å²) < 4.78 is 17.3. The zero-order valence-electron chi connectivity index (χ0n) is 18.3. The first-order valence-corrected chi connectivity index (χ1v) is 11.4. The van der Waals surface area contributed by atoms with Gasteiger partial charge >= 0.3 is 0 Å². The number of halogens is 2. The number of rotatable bonds is 6. The highest BCUT2D eigenvalue weighted by atomic mass is 127. The molecule has 1 aromatic heterocycles. The molecule has 176 valence electrons. The van der Waals surface area contributed by atoms with Crippen molar-refractivity contribution in [3.63, 3.8) is 0 Å². The molecule has 1 N–H and O–H groups in total. The van der Waals surface area contributed by atoms with E-state index in [0.717, 1.165) is 50.5 Å². The summed E-state index contributed by atoms with van der Waals surface area (Å²) in [6.07, 6.45) is 6.05. The van der Waals surface area contributed by atoms with Crippen molar-refractivity contribution in [3.8, 4) is 11.4 Å². The Morgan fingerprint density at radius 3 is 2.84 bits per heavy atom. The third-order valence-electron chi connectivity index (χ3n) is 5.69. The Labute approximate surface area is 211 Å². The average Bonchev–Trinajstić information content (AvgIpc) is 3.29. The predicted octanol–water partition coefficient (Wildman–Crippen LogP) is 4.13. The third kappa shape index (κ3) is 7.03. The molecular formula is C22H31ClIN5O3. The molecule has 2 fully saturated rings. The van der Waals surface area contributed by atoms with Crippen molar-refractivity contribution >= 4 is 41.5 Å². The molecule has 2 aliphatic rings. The van der Waals surface area contributed by atoms with Gasteiger partial charge in [-0.1, -0.05) is 28.9 Å². The molecule has 0 spiro atoms. The lowest BCUT2D eigenvalue weighted by atomic mass is 10.1. The molecule has 1 unspecified atom stereocenters. The SMILES string of the molecule is CN=C(NCc1nc(-c2cccc(Cl)c2)no1)N1CCC(OCC2CCCCO2)CC1.I. The van der Waals surface area contributed by atoms with E-state index in [-0.39, 0.29) is 36.2 Å². The molecule has 32 heavy (non-hydrogen) atoms. The van der Waals surface area contributed by atoms with E-state index in [2.05, 4.69) is 25.3 Å². The first-order chi connectivity index (χ1) is 15.2. The molecule has 1 atom stereocenters. The van der Waals surface area contributed by atoms with Gasteiger partial charge in [-0.3, -0.25) is 4.99 Å². The Balaban J connectivity index is 0.00000289. The number of piperidine rings is 1. The summed E-state index contributed by atoms with van der Waals surface area (Å²) >= 11 is 6.04. The van der Waals surface area contributed by atoms with Crippen molar-refractivity contribution in [1.82, 2.24) is 20.4 Å². The van der Waals surface area contributed by atoms with Gasteiger partial charge in [0.1, 0.15) is 0 Å². The van der Waals surface area contributed by atoms with Gasteiger partial charge in [0.15, 0.2) is 5.96 Å². The molecule has 10 heteroatoms. The van der Waals surface area contributed by atoms with Crippen molar-refractivity contribution in [3.05, 3.63) is 35.2 Å². The molecule has 2 saturated heterocycles. The molecule has 8 nitrogen and oxygen atoms in total. The summed E-state index contributed by atoms with van der Waals surface area (Å²) in [7, 11) is 1.79. The fourth-order valence-corrected chi connectivity index (χ4v) is 4.17. The lowest BCUT2D eigenvalue weighted by Gasteiger charge is -2.34. The maximum Gasteiger partial charge on any atom is 0.246 e. The van der Waals surface area contributed by atoms with Crippen LogP contribution < -0.4 is 5.32 Å². The van der Waals surface area contributed by atoms with Crippen LogP contribution in [0.25, 0.3) is 11.4 Å². The number of likely N-dealkylation sites (tertiary alicyclic amines) is 1. The molecular weight excluding hydrogens is 545 g/mol. The van der Waals surface area contributed by atoms with Crippen LogP contribution in [-0.4, -0.2) is 66.6 Å². The molecule has 0 amide bonds. The zero-order valence-corrected chi connectivity index (χ0v) is 21.4. The molecule has 2 aliphatic heterocycles. The highest BCUT2D eigenvalue weighted by molar-refractivity contribution is 14.0. The largest absolute Gasteiger partial charge is 0.376 e. The Hall–Kier alpha value is -1.43. The number of ether oxygens (including phenoxy) is 2. The molecule has 2 aromatic rings. The van der Waals surface area contributed by atoms with E-state index in [4.69, 9.17) is 25.6 Å². The van der Waals surface area contributed by atoms with Crippen LogP contribution in [-0.2, 0) is 16.0 Å². The number of hydrogen-bond donors (Lipinski definition) is 1. The van der Waals surface area contributed by atoms with Crippen LogP contribution in [0.2, 0.25) is 5.02 Å². The topological polar surface area (TPSA) is 85.0 Å². The van der Waals surface area contributed by atoms with Gasteiger partial charge in [0.2, 0.25) is 11.7 Å². The molecule has 0 bridgehead atoms. The van der Waals surface area contributed by atoms with Crippen LogP contribution >= 0.6 is 35.6 Å². The Morgan fingerprint density at radius 2 is 2.12 bits per heavy atom. The number of guanidine groups is 1. The highest BCUT2D eigenvalue weighted by Gasteiger charge is 2.24. The first-order valence-electron chi connectivity index (χ1n) is 11.0. The first kappa shape index (κ1) is 25.2. The van der Waals surface area contributed by atoms with Crippen LogP contribution in [0.15, 0.2) is 33.8 Å². The van der Waals surface area contributed by atoms with E-state index in [9.17, 15) is 0 Å². The van der Waals surface area contributed by atoms with Gasteiger partial charge in [-0.2, -0.15) is 4.98 Å². The minimum absolute atomic E-state index is 0. The van der Waals surface area contributed by atoms with E-state index in [1.165, 1.54) is 12.8 Å². The van der Waals surface area contributed by atoms with E-state index >= 15 is 0 Å². The van der Waals surface area contributed by atoms with E-state index in [0.29, 0.717) is 29.9 Å². The Kier molecular flexibility index (Phi) is 10.0. The van der Waals surface area contributed by atoms with Gasteiger partial charge in [0.25, 0.3) is 0 Å². The second-order valence-corrected chi connectivity index (χ2v) is 8.37. The van der Waals surface area contributed by atoms with Gasteiger partial charge < -0.3 is 24.2 Å². The summed E-state index contributed by atoms with van der Waals surface area (Å²) in [6, 6.07) is 7.40. The van der Waals surface area contributed by atoms with E-state index < -0.39 is 0 Å². The summed E-state index contributed by atoms with van der Waals surface area (Å²) in [4.78, 5) is 11.1. The lowest BCUT2D eigenvalue weighted by molar-refractivity contribution is -0.0721. The van der Waals surface area contributed by atoms with Gasteiger partial charge in [0, 0.05) is 37.3 Å². The number of hydrogen-bond acceptors (Lipinski definition) is 6. The monoisotopic (exact) mass is 575 g/mol. The van der Waals surface area contributed by atoms with Crippen molar-refractivity contribution in [2.75, 3.05) is 33.4 Å². The average molecular weight is 576 g/mol. The number of nitrogens with zero attached hydrogens (tertiary/aromatic N) is 4. The van der Waals surface area contributed by atoms with Gasteiger partial charge in [-0.05, 0) is 44.2 Å². The standard InChI is InChI=1S/C22H30ClN5O3.HI/c1-24-22(25-14-20-26-21(27-31-20)16-5-4-6-17(23)13-16)28-10-8-18(9-11-28)30-15-19-7-2-3-12-29-19;/h4-6,13,18-19H,2-3,7-12,14-15H2,1H3,(H,24,25);1H. The molecule has 0 aliphatic carbocycles. The summed E-state index contributed by atoms with van der Waals surface area (Å²) in [5.41, 5.74) is 0.826. The van der Waals surface area contributed by atoms with Crippen LogP contribution in [0.1, 0.15) is 38.0 Å². The van der Waals surface area contributed by atoms with Crippen LogP contribution in [0.3, 0.4) is 0 Å². The van der Waals surface area contributed by atoms with Crippen molar-refractivity contribution in [1.29, 1.82) is 0 Å². The predicted molar refractivity (Wildman–Crippen MR) is 134 cm³/mol. The highest BCUT2D eigenvalue weighted by Crippen LogP contribution is 2.20. The maximum absolute atomic E-state index is 6.11. The smallest absolute Gasteiger partial charge is 0.246 e. The number of aromatic nitrogens is 2. The quantitative estimate of drug-likeness (QED) is 0.315. The molecule has 4 rings (SSSR count). The third-order valence-corrected chi connectivity index (χ3v) is 5.93. The summed E-state index contributed by atoms with van der Waals surface area (Å²) in [5, 5.41) is 8.01. The molecule has 3 heterocycles. The van der Waals surface area contributed by atoms with Gasteiger partial charge in [-0.25, -0.2) is 0 Å². The summed E-state index contributed by atoms with van der Waals surface area (Å²) in [5.74, 6) is 1.85. The van der Waals surface area contributed by atoms with Crippen molar-refractivity contribution < 1.29 is 14.0 Å². The van der Waals surface area contributed by atoms with Gasteiger partial charge in [0.05, 0.1) is 25.4 Å². The molecule has 0 radical (unpaired) electrons. The maximum atomic E-state index is 6.11. The van der Waals surface area contributed by atoms with Gasteiger partial charge in [-0.15, -0.1) is 24.0 Å². The summed E-state index contributed by atoms with van der Waals surface area (Å²) in [6.45, 7) is 3.79. The van der Waals surface area contributed by atoms with Crippen LogP contribution in [0.5, 0.6) is 0 Å². The molecule has 1 aromatic carbocycles. The Bertz CT molecular complexity index is 867. The van der Waals surface area contributed by atoms with Crippen molar-refractivity contribution in [2.24, 2.45) is 4.99 Å². The Morgan fingerprint density at radius 1 is 1.28 bits per heavy atom. The van der Waals surface area contributed by atoms with E-state index in [1.54, 1.807) is 7.05 Å². The zero-order chi connectivity index (χ0) is 21.5. The number of nitrogens with one attached hydrogen (secondary N) is 1. The molecule has 0 saturated carbocycles. The minimum atomic E-state index is 0.